The molecule has 1 aromatic heterocycles. The number of hydrogen-bond acceptors (Lipinski definition) is 5. The Balaban J connectivity index is 0.968. The average Bonchev–Trinajstić information content (AvgIpc) is 3.67. The van der Waals surface area contributed by atoms with Crippen molar-refractivity contribution in [2.24, 2.45) is 0 Å². The molecule has 0 saturated heterocycles. The highest BCUT2D eigenvalue weighted by Gasteiger charge is 2.48. The standard InChI is InChI=1S/C60H42B3N3O3/c1-30-18-34(5)59(35(6)19-30)66-47-29-52-43(27-41(47)61-38-14-8-10-17-50(38)67-53-23-32(3)22-49(66)57(53)61)63-42-26-40-44(28-51(42)68-54-24-33(4)25-55(69-52)58(54)63)64-45-20-31(2)21-48-56(45)62(40)39-15-11-13-37-36-12-7-9-16-46(36)65(48)60(37)39/h7-29,64H,1-6H3. The topological polar surface area (TPSA) is 47.9 Å². The van der Waals surface area contributed by atoms with Crippen LogP contribution in [0.2, 0.25) is 0 Å². The zero-order valence-corrected chi connectivity index (χ0v) is 39.1. The Bertz CT molecular complexity index is 4080. The highest BCUT2D eigenvalue weighted by atomic mass is 16.5. The molecule has 0 aliphatic carbocycles. The smallest absolute Gasteiger partial charge is 0.260 e. The molecular weight excluding hydrogens is 843 g/mol. The van der Waals surface area contributed by atoms with Crippen LogP contribution < -0.4 is 73.6 Å². The van der Waals surface area contributed by atoms with E-state index in [1.807, 2.05) is 0 Å². The van der Waals surface area contributed by atoms with Gasteiger partial charge in [0.15, 0.2) is 0 Å². The second-order valence-electron chi connectivity index (χ2n) is 20.5. The van der Waals surface area contributed by atoms with E-state index in [2.05, 4.69) is 196 Å². The fraction of sp³-hybridized carbons (Fsp3) is 0.100. The molecule has 10 aromatic rings. The maximum atomic E-state index is 7.24. The van der Waals surface area contributed by atoms with Gasteiger partial charge in [0.2, 0.25) is 0 Å². The Morgan fingerprint density at radius 3 is 1.80 bits per heavy atom. The molecule has 6 nitrogen and oxygen atoms in total. The van der Waals surface area contributed by atoms with Crippen molar-refractivity contribution >= 4 is 120 Å². The maximum Gasteiger partial charge on any atom is 0.260 e. The minimum Gasteiger partial charge on any atom is -0.458 e. The fourth-order valence-electron chi connectivity index (χ4n) is 13.7. The van der Waals surface area contributed by atoms with Crippen LogP contribution in [0, 0.1) is 41.5 Å². The van der Waals surface area contributed by atoms with Crippen molar-refractivity contribution in [3.05, 3.63) is 173 Å². The summed E-state index contributed by atoms with van der Waals surface area (Å²) >= 11 is 0. The lowest BCUT2D eigenvalue weighted by molar-refractivity contribution is 0.464. The lowest BCUT2D eigenvalue weighted by Gasteiger charge is -2.43. The molecule has 9 aromatic carbocycles. The monoisotopic (exact) mass is 885 g/mol. The van der Waals surface area contributed by atoms with Gasteiger partial charge >= 0.3 is 0 Å². The highest BCUT2D eigenvalue weighted by Crippen LogP contribution is 2.47. The van der Waals surface area contributed by atoms with Gasteiger partial charge < -0.3 is 29.0 Å². The lowest BCUT2D eigenvalue weighted by atomic mass is 9.30. The summed E-state index contributed by atoms with van der Waals surface area (Å²) in [5, 5.41) is 6.54. The Hall–Kier alpha value is -8.03. The molecule has 324 valence electrons. The molecular formula is C60H42B3N3O3. The molecule has 0 unspecified atom stereocenters. The van der Waals surface area contributed by atoms with Gasteiger partial charge in [-0.25, -0.2) is 0 Å². The van der Waals surface area contributed by atoms with Crippen LogP contribution in [0.3, 0.4) is 0 Å². The van der Waals surface area contributed by atoms with E-state index in [1.165, 1.54) is 88.2 Å². The van der Waals surface area contributed by atoms with Gasteiger partial charge in [-0.2, -0.15) is 0 Å². The van der Waals surface area contributed by atoms with Crippen molar-refractivity contribution < 1.29 is 14.2 Å². The van der Waals surface area contributed by atoms with Crippen molar-refractivity contribution in [3.63, 3.8) is 0 Å². The summed E-state index contributed by atoms with van der Waals surface area (Å²) in [5.41, 5.74) is 27.5. The van der Waals surface area contributed by atoms with Crippen molar-refractivity contribution in [3.8, 4) is 40.2 Å². The largest absolute Gasteiger partial charge is 0.458 e. The van der Waals surface area contributed by atoms with Crippen LogP contribution in [-0.4, -0.2) is 24.7 Å². The number of aromatic nitrogens is 1. The second-order valence-corrected chi connectivity index (χ2v) is 20.5. The summed E-state index contributed by atoms with van der Waals surface area (Å²) in [6.45, 7) is 13.0. The van der Waals surface area contributed by atoms with Crippen LogP contribution in [0.25, 0.3) is 27.5 Å². The molecule has 0 spiro atoms. The molecule has 69 heavy (non-hydrogen) atoms. The second kappa shape index (κ2) is 12.9. The number of rotatable bonds is 1. The van der Waals surface area contributed by atoms with Gasteiger partial charge in [0.05, 0.1) is 11.2 Å². The number of hydrogen-bond donors (Lipinski definition) is 1. The molecule has 7 heterocycles. The molecule has 6 aliphatic heterocycles. The van der Waals surface area contributed by atoms with Crippen molar-refractivity contribution in [2.75, 3.05) is 10.2 Å². The van der Waals surface area contributed by atoms with Gasteiger partial charge in [-0.3, -0.25) is 0 Å². The SMILES string of the molecule is Cc1cc(C)c(N2c3cc4c(cc3B3c5ccccc5Oc5cc(C)cc2c53)B2c3cc5c(cc3Oc3cc(C)cc(c32)O4)Nc2cc(C)cc3c2B5c2cccc4c5ccccc5n-3c24)c(C)c1. The van der Waals surface area contributed by atoms with Crippen LogP contribution >= 0.6 is 0 Å². The van der Waals surface area contributed by atoms with Crippen molar-refractivity contribution in [2.45, 2.75) is 41.5 Å². The highest BCUT2D eigenvalue weighted by molar-refractivity contribution is 7.03. The van der Waals surface area contributed by atoms with E-state index in [9.17, 15) is 0 Å². The van der Waals surface area contributed by atoms with Gasteiger partial charge in [0, 0.05) is 62.3 Å². The zero-order valence-electron chi connectivity index (χ0n) is 39.1. The first kappa shape index (κ1) is 38.0. The number of fused-ring (bicyclic) bond motifs is 15. The van der Waals surface area contributed by atoms with Gasteiger partial charge in [0.25, 0.3) is 20.1 Å². The molecule has 0 amide bonds. The van der Waals surface area contributed by atoms with E-state index < -0.39 is 0 Å². The van der Waals surface area contributed by atoms with Crippen molar-refractivity contribution in [1.29, 1.82) is 0 Å². The first-order valence-electron chi connectivity index (χ1n) is 24.2. The van der Waals surface area contributed by atoms with Crippen LogP contribution in [0.15, 0.2) is 140 Å². The predicted molar refractivity (Wildman–Crippen MR) is 287 cm³/mol. The van der Waals surface area contributed by atoms with E-state index in [-0.39, 0.29) is 20.1 Å². The first-order chi connectivity index (χ1) is 33.6. The summed E-state index contributed by atoms with van der Waals surface area (Å²) in [4.78, 5) is 2.50. The van der Waals surface area contributed by atoms with Crippen molar-refractivity contribution in [1.82, 2.24) is 4.57 Å². The zero-order chi connectivity index (χ0) is 45.9. The third-order valence-electron chi connectivity index (χ3n) is 16.0. The summed E-state index contributed by atoms with van der Waals surface area (Å²) < 4.78 is 23.7. The maximum absolute atomic E-state index is 7.24. The quantitative estimate of drug-likeness (QED) is 0.168. The van der Waals surface area contributed by atoms with E-state index in [4.69, 9.17) is 14.2 Å². The van der Waals surface area contributed by atoms with Gasteiger partial charge in [0.1, 0.15) is 34.5 Å². The van der Waals surface area contributed by atoms with Crippen LogP contribution in [0.5, 0.6) is 34.5 Å². The molecule has 9 heteroatoms. The molecule has 16 rings (SSSR count). The number of ether oxygens (including phenoxy) is 3. The number of benzene rings is 9. The summed E-state index contributed by atoms with van der Waals surface area (Å²) in [6.07, 6.45) is 0. The average molecular weight is 885 g/mol. The molecule has 6 aliphatic rings. The fourth-order valence-corrected chi connectivity index (χ4v) is 13.7. The third kappa shape index (κ3) is 4.85. The number of anilines is 5. The summed E-state index contributed by atoms with van der Waals surface area (Å²) in [5.74, 6) is 5.24. The Morgan fingerprint density at radius 2 is 0.986 bits per heavy atom. The van der Waals surface area contributed by atoms with Crippen LogP contribution in [0.1, 0.15) is 33.4 Å². The Morgan fingerprint density at radius 1 is 0.391 bits per heavy atom. The van der Waals surface area contributed by atoms with E-state index >= 15 is 0 Å². The third-order valence-corrected chi connectivity index (χ3v) is 16.0. The molecule has 0 radical (unpaired) electrons. The molecule has 1 N–H and O–H groups in total. The summed E-state index contributed by atoms with van der Waals surface area (Å²) in [6, 6.07) is 52.2. The predicted octanol–water partition coefficient (Wildman–Crippen LogP) is 8.65. The van der Waals surface area contributed by atoms with Gasteiger partial charge in [-0.15, -0.1) is 0 Å². The Kier molecular flexibility index (Phi) is 7.12. The molecule has 0 bridgehead atoms. The lowest BCUT2D eigenvalue weighted by Crippen LogP contribution is -2.64. The Labute approximate surface area is 401 Å². The van der Waals surface area contributed by atoms with Gasteiger partial charge in [-0.05, 0) is 162 Å². The minimum atomic E-state index is -0.159. The minimum absolute atomic E-state index is 0.00561. The molecule has 0 fully saturated rings. The number of nitrogens with one attached hydrogen (secondary N) is 1. The number of aryl methyl sites for hydroxylation is 6. The van der Waals surface area contributed by atoms with Crippen LogP contribution in [0.4, 0.5) is 28.4 Å². The normalized spacial score (nSPS) is 14.3. The van der Waals surface area contributed by atoms with E-state index in [0.29, 0.717) is 0 Å². The van der Waals surface area contributed by atoms with E-state index in [1.54, 1.807) is 0 Å². The van der Waals surface area contributed by atoms with Crippen LogP contribution in [-0.2, 0) is 0 Å². The molecule has 0 saturated carbocycles. The van der Waals surface area contributed by atoms with E-state index in [0.717, 1.165) is 84.8 Å². The van der Waals surface area contributed by atoms with Gasteiger partial charge in [-0.1, -0.05) is 84.4 Å². The summed E-state index contributed by atoms with van der Waals surface area (Å²) in [7, 11) is 0. The molecule has 0 atom stereocenters. The number of para-hydroxylation sites is 3. The number of nitrogens with zero attached hydrogens (tertiary/aromatic N) is 2. The first-order valence-corrected chi connectivity index (χ1v) is 24.2.